The number of hydrogen-bond donors (Lipinski definition) is 0. The molecule has 3 heterocycles. The minimum Gasteiger partial charge on any atom is -0.472 e. The molecular formula is C13H15N3O3S2. The normalized spacial score (nSPS) is 19.8. The molecule has 6 nitrogen and oxygen atoms in total. The van der Waals surface area contributed by atoms with Crippen LogP contribution in [-0.2, 0) is 10.0 Å². The third-order valence-electron chi connectivity index (χ3n) is 3.26. The van der Waals surface area contributed by atoms with Crippen LogP contribution >= 0.6 is 11.3 Å². The van der Waals surface area contributed by atoms with Gasteiger partial charge in [-0.05, 0) is 30.9 Å². The van der Waals surface area contributed by atoms with E-state index in [0.717, 1.165) is 5.69 Å². The van der Waals surface area contributed by atoms with Gasteiger partial charge >= 0.3 is 0 Å². The lowest BCUT2D eigenvalue weighted by Gasteiger charge is -2.15. The third-order valence-corrected chi connectivity index (χ3v) is 6.50. The number of nitrogens with zero attached hydrogens (tertiary/aromatic N) is 3. The smallest absolute Gasteiger partial charge is 0.252 e. The van der Waals surface area contributed by atoms with Gasteiger partial charge in [-0.3, -0.25) is 0 Å². The first-order chi connectivity index (χ1) is 10.1. The summed E-state index contributed by atoms with van der Waals surface area (Å²) in [6.45, 7) is 2.65. The Morgan fingerprint density at radius 3 is 2.86 bits per heavy atom. The maximum Gasteiger partial charge on any atom is 0.252 e. The lowest BCUT2D eigenvalue weighted by Crippen LogP contribution is -2.30. The van der Waals surface area contributed by atoms with Gasteiger partial charge < -0.3 is 4.74 Å². The van der Waals surface area contributed by atoms with Crippen molar-refractivity contribution in [3.63, 3.8) is 0 Å². The lowest BCUT2D eigenvalue weighted by molar-refractivity contribution is 0.204. The van der Waals surface area contributed by atoms with Crippen molar-refractivity contribution in [2.45, 2.75) is 23.7 Å². The van der Waals surface area contributed by atoms with E-state index in [-0.39, 0.29) is 6.10 Å². The summed E-state index contributed by atoms with van der Waals surface area (Å²) in [6, 6.07) is 6.93. The fourth-order valence-electron chi connectivity index (χ4n) is 2.17. The summed E-state index contributed by atoms with van der Waals surface area (Å²) in [5, 5.41) is 9.63. The van der Waals surface area contributed by atoms with E-state index in [1.807, 2.05) is 13.0 Å². The second-order valence-electron chi connectivity index (χ2n) is 4.84. The average Bonchev–Trinajstić information content (AvgIpc) is 3.12. The topological polar surface area (TPSA) is 72.4 Å². The Kier molecular flexibility index (Phi) is 3.92. The second-order valence-corrected chi connectivity index (χ2v) is 7.95. The molecule has 0 N–H and O–H groups in total. The van der Waals surface area contributed by atoms with E-state index in [0.29, 0.717) is 29.6 Å². The Labute approximate surface area is 127 Å². The van der Waals surface area contributed by atoms with Gasteiger partial charge in [-0.1, -0.05) is 6.07 Å². The van der Waals surface area contributed by atoms with Gasteiger partial charge in [0.05, 0.1) is 12.2 Å². The van der Waals surface area contributed by atoms with Gasteiger partial charge in [0.25, 0.3) is 10.0 Å². The number of hydrogen-bond acceptors (Lipinski definition) is 6. The van der Waals surface area contributed by atoms with E-state index < -0.39 is 10.0 Å². The maximum absolute atomic E-state index is 12.4. The highest BCUT2D eigenvalue weighted by atomic mass is 32.2. The van der Waals surface area contributed by atoms with Gasteiger partial charge in [0.2, 0.25) is 5.88 Å². The van der Waals surface area contributed by atoms with Gasteiger partial charge in [-0.15, -0.1) is 16.4 Å². The fourth-order valence-corrected chi connectivity index (χ4v) is 4.80. The summed E-state index contributed by atoms with van der Waals surface area (Å²) in [4.78, 5) is 0. The molecule has 1 aliphatic heterocycles. The van der Waals surface area contributed by atoms with Crippen molar-refractivity contribution in [2.24, 2.45) is 0 Å². The number of rotatable bonds is 4. The Morgan fingerprint density at radius 2 is 2.19 bits per heavy atom. The largest absolute Gasteiger partial charge is 0.472 e. The highest BCUT2D eigenvalue weighted by Gasteiger charge is 2.34. The monoisotopic (exact) mass is 325 g/mol. The number of ether oxygens (including phenoxy) is 1. The minimum atomic E-state index is -3.39. The van der Waals surface area contributed by atoms with Gasteiger partial charge in [-0.25, -0.2) is 8.42 Å². The molecule has 0 saturated carbocycles. The van der Waals surface area contributed by atoms with Gasteiger partial charge in [0.1, 0.15) is 10.3 Å². The summed E-state index contributed by atoms with van der Waals surface area (Å²) in [5.74, 6) is 0.431. The SMILES string of the molecule is Cc1ccc(O[C@@H]2CCN(S(=O)(=O)c3cccs3)C2)nn1. The molecule has 0 bridgehead atoms. The van der Waals surface area contributed by atoms with Crippen molar-refractivity contribution in [3.05, 3.63) is 35.3 Å². The fraction of sp³-hybridized carbons (Fsp3) is 0.385. The Hall–Kier alpha value is -1.51. The van der Waals surface area contributed by atoms with Crippen molar-refractivity contribution >= 4 is 21.4 Å². The molecule has 0 aliphatic carbocycles. The van der Waals surface area contributed by atoms with Crippen LogP contribution in [0.5, 0.6) is 5.88 Å². The van der Waals surface area contributed by atoms with E-state index in [9.17, 15) is 8.42 Å². The van der Waals surface area contributed by atoms with E-state index in [4.69, 9.17) is 4.74 Å². The number of sulfonamides is 1. The molecule has 0 amide bonds. The quantitative estimate of drug-likeness (QED) is 0.855. The summed E-state index contributed by atoms with van der Waals surface area (Å²) in [6.07, 6.45) is 0.469. The predicted molar refractivity (Wildman–Crippen MR) is 78.9 cm³/mol. The molecule has 112 valence electrons. The standard InChI is InChI=1S/C13H15N3O3S2/c1-10-4-5-12(15-14-10)19-11-6-7-16(9-11)21(17,18)13-3-2-8-20-13/h2-5,8,11H,6-7,9H2,1H3/t11-/m1/s1. The highest BCUT2D eigenvalue weighted by Crippen LogP contribution is 2.25. The van der Waals surface area contributed by atoms with Crippen LogP contribution in [0.1, 0.15) is 12.1 Å². The van der Waals surface area contributed by atoms with Gasteiger partial charge in [0.15, 0.2) is 0 Å². The molecule has 2 aromatic heterocycles. The van der Waals surface area contributed by atoms with Crippen LogP contribution in [0.25, 0.3) is 0 Å². The molecule has 3 rings (SSSR count). The van der Waals surface area contributed by atoms with Crippen LogP contribution in [0, 0.1) is 6.92 Å². The predicted octanol–water partition coefficient (Wildman–Crippen LogP) is 1.69. The van der Waals surface area contributed by atoms with E-state index in [1.54, 1.807) is 23.6 Å². The summed E-state index contributed by atoms with van der Waals surface area (Å²) < 4.78 is 32.3. The summed E-state index contributed by atoms with van der Waals surface area (Å²) in [7, 11) is -3.39. The second kappa shape index (κ2) is 5.70. The zero-order valence-corrected chi connectivity index (χ0v) is 13.1. The maximum atomic E-state index is 12.4. The van der Waals surface area contributed by atoms with Crippen LogP contribution in [0.15, 0.2) is 33.9 Å². The molecule has 1 fully saturated rings. The van der Waals surface area contributed by atoms with Crippen molar-refractivity contribution in [1.29, 1.82) is 0 Å². The van der Waals surface area contributed by atoms with Crippen LogP contribution in [0.4, 0.5) is 0 Å². The first-order valence-electron chi connectivity index (χ1n) is 6.56. The molecule has 1 aliphatic rings. The molecular weight excluding hydrogens is 310 g/mol. The van der Waals surface area contributed by atoms with E-state index >= 15 is 0 Å². The van der Waals surface area contributed by atoms with Crippen LogP contribution in [0.3, 0.4) is 0 Å². The molecule has 8 heteroatoms. The van der Waals surface area contributed by atoms with Crippen molar-refractivity contribution in [1.82, 2.24) is 14.5 Å². The van der Waals surface area contributed by atoms with Gasteiger partial charge in [-0.2, -0.15) is 9.40 Å². The van der Waals surface area contributed by atoms with Crippen molar-refractivity contribution in [3.8, 4) is 5.88 Å². The Morgan fingerprint density at radius 1 is 1.33 bits per heavy atom. The van der Waals surface area contributed by atoms with Crippen molar-refractivity contribution in [2.75, 3.05) is 13.1 Å². The minimum absolute atomic E-state index is 0.184. The summed E-state index contributed by atoms with van der Waals surface area (Å²) >= 11 is 1.23. The van der Waals surface area contributed by atoms with Gasteiger partial charge in [0, 0.05) is 12.6 Å². The van der Waals surface area contributed by atoms with Crippen LogP contribution in [0.2, 0.25) is 0 Å². The number of aryl methyl sites for hydroxylation is 1. The molecule has 1 atom stereocenters. The average molecular weight is 325 g/mol. The zero-order chi connectivity index (χ0) is 14.9. The number of aromatic nitrogens is 2. The number of thiophene rings is 1. The first kappa shape index (κ1) is 14.4. The highest BCUT2D eigenvalue weighted by molar-refractivity contribution is 7.91. The molecule has 21 heavy (non-hydrogen) atoms. The Bertz CT molecular complexity index is 699. The lowest BCUT2D eigenvalue weighted by atomic mass is 10.3. The van der Waals surface area contributed by atoms with Crippen LogP contribution in [-0.4, -0.2) is 42.1 Å². The third kappa shape index (κ3) is 3.07. The first-order valence-corrected chi connectivity index (χ1v) is 8.88. The van der Waals surface area contributed by atoms with Crippen molar-refractivity contribution < 1.29 is 13.2 Å². The molecule has 1 saturated heterocycles. The molecule has 0 radical (unpaired) electrons. The van der Waals surface area contributed by atoms with E-state index in [2.05, 4.69) is 10.2 Å². The van der Waals surface area contributed by atoms with E-state index in [1.165, 1.54) is 15.6 Å². The molecule has 0 aromatic carbocycles. The van der Waals surface area contributed by atoms with Crippen LogP contribution < -0.4 is 4.74 Å². The molecule has 0 spiro atoms. The Balaban J connectivity index is 1.67. The molecule has 0 unspecified atom stereocenters. The molecule has 2 aromatic rings. The summed E-state index contributed by atoms with van der Waals surface area (Å²) in [5.41, 5.74) is 0.815. The zero-order valence-electron chi connectivity index (χ0n) is 11.5.